The van der Waals surface area contributed by atoms with Crippen molar-refractivity contribution >= 4 is 0 Å². The normalized spacial score (nSPS) is 13.2. The highest BCUT2D eigenvalue weighted by atomic mass is 15.1. The zero-order chi connectivity index (χ0) is 9.68. The molecule has 0 aliphatic carbocycles. The van der Waals surface area contributed by atoms with Gasteiger partial charge in [-0.1, -0.05) is 13.3 Å². The van der Waals surface area contributed by atoms with Crippen LogP contribution in [0.5, 0.6) is 0 Å². The van der Waals surface area contributed by atoms with Crippen LogP contribution in [0.1, 0.15) is 46.1 Å². The molecule has 0 amide bonds. The molecule has 13 heavy (non-hydrogen) atoms. The average molecular weight is 181 g/mol. The lowest BCUT2D eigenvalue weighted by molar-refractivity contribution is -0.693. The van der Waals surface area contributed by atoms with E-state index in [-0.39, 0.29) is 0 Å². The van der Waals surface area contributed by atoms with Crippen LogP contribution in [-0.4, -0.2) is 4.57 Å². The smallest absolute Gasteiger partial charge is 0.237 e. The molecule has 0 radical (unpaired) electrons. The lowest BCUT2D eigenvalue weighted by atomic mass is 10.1. The first kappa shape index (κ1) is 10.3. The summed E-state index contributed by atoms with van der Waals surface area (Å²) >= 11 is 0. The van der Waals surface area contributed by atoms with Crippen molar-refractivity contribution in [3.8, 4) is 0 Å². The van der Waals surface area contributed by atoms with E-state index >= 15 is 0 Å². The van der Waals surface area contributed by atoms with Crippen LogP contribution in [-0.2, 0) is 6.54 Å². The molecule has 0 fully saturated rings. The average Bonchev–Trinajstić information content (AvgIpc) is 2.62. The van der Waals surface area contributed by atoms with Crippen molar-refractivity contribution in [3.05, 3.63) is 18.7 Å². The lowest BCUT2D eigenvalue weighted by Gasteiger charge is -2.05. The minimum Gasteiger partial charge on any atom is -0.237 e. The molecule has 0 N–H and O–H groups in total. The molecule has 1 heterocycles. The zero-order valence-corrected chi connectivity index (χ0v) is 9.03. The van der Waals surface area contributed by atoms with Gasteiger partial charge in [0.2, 0.25) is 6.33 Å². The number of rotatable bonds is 5. The number of imidazole rings is 1. The fourth-order valence-electron chi connectivity index (χ4n) is 1.51. The molecule has 0 aliphatic heterocycles. The summed E-state index contributed by atoms with van der Waals surface area (Å²) in [4.78, 5) is 0. The van der Waals surface area contributed by atoms with Crippen LogP contribution in [0.4, 0.5) is 0 Å². The van der Waals surface area contributed by atoms with Crippen molar-refractivity contribution in [2.45, 2.75) is 52.6 Å². The van der Waals surface area contributed by atoms with Gasteiger partial charge in [-0.3, -0.25) is 0 Å². The maximum absolute atomic E-state index is 2.30. The van der Waals surface area contributed by atoms with E-state index < -0.39 is 0 Å². The molecule has 0 aromatic carbocycles. The summed E-state index contributed by atoms with van der Waals surface area (Å²) in [5.41, 5.74) is 0. The molecule has 0 saturated heterocycles. The molecule has 2 nitrogen and oxygen atoms in total. The summed E-state index contributed by atoms with van der Waals surface area (Å²) in [5.74, 6) is 0. The van der Waals surface area contributed by atoms with Crippen molar-refractivity contribution in [2.75, 3.05) is 0 Å². The molecule has 1 aromatic heterocycles. The molecule has 1 rings (SSSR count). The summed E-state index contributed by atoms with van der Waals surface area (Å²) in [5, 5.41) is 0. The highest BCUT2D eigenvalue weighted by Gasteiger charge is 2.09. The van der Waals surface area contributed by atoms with Crippen molar-refractivity contribution < 1.29 is 4.57 Å². The van der Waals surface area contributed by atoms with Crippen LogP contribution in [0.2, 0.25) is 0 Å². The third-order valence-electron chi connectivity index (χ3n) is 2.56. The minimum atomic E-state index is 0.646. The topological polar surface area (TPSA) is 8.81 Å². The van der Waals surface area contributed by atoms with Gasteiger partial charge in [-0.25, -0.2) is 9.13 Å². The molecule has 1 aromatic rings. The molecule has 1 unspecified atom stereocenters. The van der Waals surface area contributed by atoms with Crippen molar-refractivity contribution in [2.24, 2.45) is 0 Å². The summed E-state index contributed by atoms with van der Waals surface area (Å²) < 4.78 is 4.52. The Morgan fingerprint density at radius 3 is 2.69 bits per heavy atom. The monoisotopic (exact) mass is 181 g/mol. The second kappa shape index (κ2) is 5.05. The van der Waals surface area contributed by atoms with Gasteiger partial charge >= 0.3 is 0 Å². The first-order chi connectivity index (χ1) is 6.27. The van der Waals surface area contributed by atoms with E-state index in [1.54, 1.807) is 0 Å². The van der Waals surface area contributed by atoms with Gasteiger partial charge < -0.3 is 0 Å². The standard InChI is InChI=1S/C11H21N2/c1-4-6-7-11(3)13-9-8-12(5-2)10-13/h8-11H,4-7H2,1-3H3/q+1. The van der Waals surface area contributed by atoms with E-state index in [9.17, 15) is 0 Å². The predicted molar refractivity (Wildman–Crippen MR) is 54.5 cm³/mol. The number of hydrogen-bond acceptors (Lipinski definition) is 0. The van der Waals surface area contributed by atoms with E-state index in [0.29, 0.717) is 6.04 Å². The largest absolute Gasteiger partial charge is 0.243 e. The fraction of sp³-hybridized carbons (Fsp3) is 0.727. The molecule has 1 atom stereocenters. The molecule has 0 saturated carbocycles. The Morgan fingerprint density at radius 1 is 1.38 bits per heavy atom. The quantitative estimate of drug-likeness (QED) is 0.617. The van der Waals surface area contributed by atoms with Gasteiger partial charge in [0.1, 0.15) is 12.4 Å². The maximum Gasteiger partial charge on any atom is 0.243 e. The number of hydrogen-bond donors (Lipinski definition) is 0. The van der Waals surface area contributed by atoms with Crippen LogP contribution >= 0.6 is 0 Å². The van der Waals surface area contributed by atoms with E-state index in [1.807, 2.05) is 0 Å². The Kier molecular flexibility index (Phi) is 4.00. The molecule has 0 spiro atoms. The van der Waals surface area contributed by atoms with Crippen molar-refractivity contribution in [1.29, 1.82) is 0 Å². The Balaban J connectivity index is 2.50. The van der Waals surface area contributed by atoms with E-state index in [4.69, 9.17) is 0 Å². The van der Waals surface area contributed by atoms with Gasteiger partial charge in [0.05, 0.1) is 12.6 Å². The van der Waals surface area contributed by atoms with Crippen LogP contribution < -0.4 is 4.57 Å². The molecular formula is C11H21N2+. The Labute approximate surface area is 81.2 Å². The number of aryl methyl sites for hydroxylation is 1. The van der Waals surface area contributed by atoms with Gasteiger partial charge in [0, 0.05) is 0 Å². The summed E-state index contributed by atoms with van der Waals surface area (Å²) in [6.07, 6.45) is 10.4. The number of nitrogens with zero attached hydrogens (tertiary/aromatic N) is 2. The molecular weight excluding hydrogens is 160 g/mol. The fourth-order valence-corrected chi connectivity index (χ4v) is 1.51. The molecule has 0 bridgehead atoms. The number of unbranched alkanes of at least 4 members (excludes halogenated alkanes) is 1. The second-order valence-corrected chi connectivity index (χ2v) is 3.68. The minimum absolute atomic E-state index is 0.646. The molecule has 2 heteroatoms. The van der Waals surface area contributed by atoms with Crippen molar-refractivity contribution in [1.82, 2.24) is 4.57 Å². The summed E-state index contributed by atoms with van der Waals surface area (Å²) in [6, 6.07) is 0.646. The summed E-state index contributed by atoms with van der Waals surface area (Å²) in [7, 11) is 0. The van der Waals surface area contributed by atoms with Gasteiger partial charge in [-0.15, -0.1) is 0 Å². The van der Waals surface area contributed by atoms with Crippen LogP contribution in [0.15, 0.2) is 18.7 Å². The highest BCUT2D eigenvalue weighted by molar-refractivity contribution is 4.72. The first-order valence-electron chi connectivity index (χ1n) is 5.34. The van der Waals surface area contributed by atoms with Crippen LogP contribution in [0.25, 0.3) is 0 Å². The zero-order valence-electron chi connectivity index (χ0n) is 9.03. The number of aromatic nitrogens is 2. The van der Waals surface area contributed by atoms with Gasteiger partial charge in [-0.05, 0) is 26.7 Å². The third kappa shape index (κ3) is 2.87. The highest BCUT2D eigenvalue weighted by Crippen LogP contribution is 2.12. The SMILES string of the molecule is CCCCC(C)n1cc[n+](CC)c1. The Morgan fingerprint density at radius 2 is 2.15 bits per heavy atom. The summed E-state index contributed by atoms with van der Waals surface area (Å²) in [6.45, 7) is 7.76. The molecule has 0 aliphatic rings. The Bertz CT molecular complexity index is 240. The van der Waals surface area contributed by atoms with Gasteiger partial charge in [0.25, 0.3) is 0 Å². The van der Waals surface area contributed by atoms with Crippen molar-refractivity contribution in [3.63, 3.8) is 0 Å². The van der Waals surface area contributed by atoms with E-state index in [2.05, 4.69) is 48.6 Å². The maximum atomic E-state index is 2.30. The second-order valence-electron chi connectivity index (χ2n) is 3.68. The first-order valence-corrected chi connectivity index (χ1v) is 5.34. The van der Waals surface area contributed by atoms with E-state index in [0.717, 1.165) is 6.54 Å². The van der Waals surface area contributed by atoms with Crippen LogP contribution in [0, 0.1) is 0 Å². The van der Waals surface area contributed by atoms with E-state index in [1.165, 1.54) is 19.3 Å². The Hall–Kier alpha value is -0.790. The van der Waals surface area contributed by atoms with Gasteiger partial charge in [-0.2, -0.15) is 0 Å². The van der Waals surface area contributed by atoms with Gasteiger partial charge in [0.15, 0.2) is 0 Å². The van der Waals surface area contributed by atoms with Crippen LogP contribution in [0.3, 0.4) is 0 Å². The predicted octanol–water partition coefficient (Wildman–Crippen LogP) is 2.55. The third-order valence-corrected chi connectivity index (χ3v) is 2.56. The lowest BCUT2D eigenvalue weighted by Crippen LogP contribution is -2.29. The molecule has 74 valence electrons.